The normalized spacial score (nSPS) is 10.1. The van der Waals surface area contributed by atoms with Gasteiger partial charge in [-0.05, 0) is 24.3 Å². The number of hydrogen-bond acceptors (Lipinski definition) is 4. The monoisotopic (exact) mass is 231 g/mol. The van der Waals surface area contributed by atoms with Gasteiger partial charge in [0.25, 0.3) is 0 Å². The predicted octanol–water partition coefficient (Wildman–Crippen LogP) is 1.43. The highest BCUT2D eigenvalue weighted by Crippen LogP contribution is 2.06. The maximum Gasteiger partial charge on any atom is 0.250 e. The van der Waals surface area contributed by atoms with E-state index in [9.17, 15) is 4.79 Å². The van der Waals surface area contributed by atoms with Crippen molar-refractivity contribution < 1.29 is 9.21 Å². The molecule has 0 aliphatic carbocycles. The molecular weight excluding hydrogens is 218 g/mol. The molecule has 17 heavy (non-hydrogen) atoms. The summed E-state index contributed by atoms with van der Waals surface area (Å²) in [6.45, 7) is 0.719. The summed E-state index contributed by atoms with van der Waals surface area (Å²) in [5, 5.41) is 3.13. The molecule has 0 aliphatic rings. The van der Waals surface area contributed by atoms with Crippen molar-refractivity contribution in [3.63, 3.8) is 0 Å². The molecule has 2 aromatic rings. The van der Waals surface area contributed by atoms with E-state index in [0.717, 1.165) is 18.7 Å². The topological polar surface area (TPSA) is 81.2 Å². The molecule has 88 valence electrons. The summed E-state index contributed by atoms with van der Waals surface area (Å²) in [6.07, 6.45) is 3.89. The maximum absolute atomic E-state index is 10.8. The Morgan fingerprint density at radius 3 is 2.88 bits per heavy atom. The van der Waals surface area contributed by atoms with Gasteiger partial charge in [0, 0.05) is 19.2 Å². The zero-order valence-electron chi connectivity index (χ0n) is 9.22. The molecule has 0 unspecified atom stereocenters. The minimum absolute atomic E-state index is 0.404. The Labute approximate surface area is 98.6 Å². The molecule has 0 aliphatic heterocycles. The summed E-state index contributed by atoms with van der Waals surface area (Å²) < 4.78 is 5.20. The standard InChI is InChI=1S/C12H13N3O2/c13-12(16)9-3-4-11(15-8-9)14-6-5-10-2-1-7-17-10/h1-4,7-8H,5-6H2,(H2,13,16)(H,14,15). The van der Waals surface area contributed by atoms with Crippen molar-refractivity contribution in [2.45, 2.75) is 6.42 Å². The quantitative estimate of drug-likeness (QED) is 0.815. The molecule has 0 aromatic carbocycles. The van der Waals surface area contributed by atoms with Gasteiger partial charge >= 0.3 is 0 Å². The second-order valence-electron chi connectivity index (χ2n) is 3.55. The predicted molar refractivity (Wildman–Crippen MR) is 63.7 cm³/mol. The number of rotatable bonds is 5. The lowest BCUT2D eigenvalue weighted by Crippen LogP contribution is -2.12. The van der Waals surface area contributed by atoms with Gasteiger partial charge in [-0.1, -0.05) is 0 Å². The fraction of sp³-hybridized carbons (Fsp3) is 0.167. The largest absolute Gasteiger partial charge is 0.469 e. The van der Waals surface area contributed by atoms with Crippen LogP contribution in [0.3, 0.4) is 0 Å². The fourth-order valence-electron chi connectivity index (χ4n) is 1.41. The highest BCUT2D eigenvalue weighted by atomic mass is 16.3. The van der Waals surface area contributed by atoms with Crippen LogP contribution in [0.4, 0.5) is 5.82 Å². The molecule has 2 heterocycles. The van der Waals surface area contributed by atoms with Gasteiger partial charge in [-0.2, -0.15) is 0 Å². The highest BCUT2D eigenvalue weighted by Gasteiger charge is 2.01. The minimum Gasteiger partial charge on any atom is -0.469 e. The van der Waals surface area contributed by atoms with Crippen molar-refractivity contribution in [1.82, 2.24) is 4.98 Å². The molecule has 1 amide bonds. The number of amides is 1. The molecule has 0 saturated carbocycles. The molecule has 0 spiro atoms. The van der Waals surface area contributed by atoms with Crippen LogP contribution in [0.1, 0.15) is 16.1 Å². The van der Waals surface area contributed by atoms with E-state index in [1.54, 1.807) is 18.4 Å². The van der Waals surface area contributed by atoms with Crippen LogP contribution in [0.25, 0.3) is 0 Å². The number of anilines is 1. The van der Waals surface area contributed by atoms with E-state index in [1.165, 1.54) is 6.20 Å². The van der Waals surface area contributed by atoms with Gasteiger partial charge in [0.1, 0.15) is 11.6 Å². The molecule has 5 heteroatoms. The first-order valence-electron chi connectivity index (χ1n) is 5.28. The number of primary amides is 1. The Morgan fingerprint density at radius 2 is 2.29 bits per heavy atom. The van der Waals surface area contributed by atoms with Crippen LogP contribution in [0.15, 0.2) is 41.1 Å². The van der Waals surface area contributed by atoms with E-state index >= 15 is 0 Å². The number of nitrogens with one attached hydrogen (secondary N) is 1. The number of carbonyl (C=O) groups is 1. The highest BCUT2D eigenvalue weighted by molar-refractivity contribution is 5.92. The summed E-state index contributed by atoms with van der Waals surface area (Å²) in [4.78, 5) is 14.9. The first-order valence-corrected chi connectivity index (χ1v) is 5.28. The van der Waals surface area contributed by atoms with Gasteiger partial charge in [0.05, 0.1) is 11.8 Å². The third-order valence-corrected chi connectivity index (χ3v) is 2.31. The van der Waals surface area contributed by atoms with Gasteiger partial charge in [-0.25, -0.2) is 4.98 Å². The van der Waals surface area contributed by atoms with Crippen LogP contribution < -0.4 is 11.1 Å². The van der Waals surface area contributed by atoms with E-state index in [-0.39, 0.29) is 0 Å². The van der Waals surface area contributed by atoms with Crippen LogP contribution in [0.5, 0.6) is 0 Å². The molecule has 0 radical (unpaired) electrons. The smallest absolute Gasteiger partial charge is 0.250 e. The number of carbonyl (C=O) groups excluding carboxylic acids is 1. The van der Waals surface area contributed by atoms with Crippen molar-refractivity contribution in [3.8, 4) is 0 Å². The lowest BCUT2D eigenvalue weighted by molar-refractivity contribution is 0.1000. The molecule has 0 fully saturated rings. The van der Waals surface area contributed by atoms with Crippen LogP contribution in [-0.2, 0) is 6.42 Å². The SMILES string of the molecule is NC(=O)c1ccc(NCCc2ccco2)nc1. The van der Waals surface area contributed by atoms with Gasteiger partial charge in [-0.3, -0.25) is 4.79 Å². The maximum atomic E-state index is 10.8. The Morgan fingerprint density at radius 1 is 1.41 bits per heavy atom. The molecule has 0 saturated heterocycles. The number of nitrogens with two attached hydrogens (primary N) is 1. The Kier molecular flexibility index (Phi) is 3.40. The molecule has 2 rings (SSSR count). The molecule has 5 nitrogen and oxygen atoms in total. The zero-order valence-corrected chi connectivity index (χ0v) is 9.22. The third kappa shape index (κ3) is 3.07. The number of aromatic nitrogens is 1. The van der Waals surface area contributed by atoms with Crippen LogP contribution in [-0.4, -0.2) is 17.4 Å². The van der Waals surface area contributed by atoms with Gasteiger partial charge in [-0.15, -0.1) is 0 Å². The molecule has 0 atom stereocenters. The third-order valence-electron chi connectivity index (χ3n) is 2.31. The van der Waals surface area contributed by atoms with Crippen molar-refractivity contribution >= 4 is 11.7 Å². The number of hydrogen-bond donors (Lipinski definition) is 2. The van der Waals surface area contributed by atoms with E-state index in [2.05, 4.69) is 10.3 Å². The summed E-state index contributed by atoms with van der Waals surface area (Å²) in [7, 11) is 0. The number of nitrogens with zero attached hydrogens (tertiary/aromatic N) is 1. The molecule has 3 N–H and O–H groups in total. The van der Waals surface area contributed by atoms with Gasteiger partial charge in [0.2, 0.25) is 5.91 Å². The van der Waals surface area contributed by atoms with Crippen molar-refractivity contribution in [1.29, 1.82) is 0 Å². The summed E-state index contributed by atoms with van der Waals surface area (Å²) in [6, 6.07) is 7.15. The van der Waals surface area contributed by atoms with Crippen molar-refractivity contribution in [2.75, 3.05) is 11.9 Å². The zero-order chi connectivity index (χ0) is 12.1. The average molecular weight is 231 g/mol. The average Bonchev–Trinajstić information content (AvgIpc) is 2.83. The first kappa shape index (κ1) is 11.2. The van der Waals surface area contributed by atoms with E-state index in [1.807, 2.05) is 12.1 Å². The number of furan rings is 1. The summed E-state index contributed by atoms with van der Waals surface area (Å²) in [5.74, 6) is 1.16. The summed E-state index contributed by atoms with van der Waals surface area (Å²) in [5.41, 5.74) is 5.52. The van der Waals surface area contributed by atoms with E-state index in [4.69, 9.17) is 10.2 Å². The Balaban J connectivity index is 1.85. The van der Waals surface area contributed by atoms with Crippen molar-refractivity contribution in [2.24, 2.45) is 5.73 Å². The first-order chi connectivity index (χ1) is 8.25. The fourth-order valence-corrected chi connectivity index (χ4v) is 1.41. The van der Waals surface area contributed by atoms with Crippen LogP contribution >= 0.6 is 0 Å². The second kappa shape index (κ2) is 5.16. The van der Waals surface area contributed by atoms with Crippen LogP contribution in [0.2, 0.25) is 0 Å². The number of pyridine rings is 1. The minimum atomic E-state index is -0.473. The lowest BCUT2D eigenvalue weighted by Gasteiger charge is -2.04. The van der Waals surface area contributed by atoms with E-state index < -0.39 is 5.91 Å². The Bertz CT molecular complexity index is 477. The molecule has 0 bridgehead atoms. The summed E-state index contributed by atoms with van der Waals surface area (Å²) >= 11 is 0. The van der Waals surface area contributed by atoms with Gasteiger partial charge < -0.3 is 15.5 Å². The molecule has 2 aromatic heterocycles. The Hall–Kier alpha value is -2.30. The van der Waals surface area contributed by atoms with Crippen molar-refractivity contribution in [3.05, 3.63) is 48.0 Å². The molecular formula is C12H13N3O2. The second-order valence-corrected chi connectivity index (χ2v) is 3.55. The lowest BCUT2D eigenvalue weighted by atomic mass is 10.2. The van der Waals surface area contributed by atoms with E-state index in [0.29, 0.717) is 11.4 Å². The van der Waals surface area contributed by atoms with Gasteiger partial charge in [0.15, 0.2) is 0 Å². The van der Waals surface area contributed by atoms with Crippen LogP contribution in [0, 0.1) is 0 Å².